The highest BCUT2D eigenvalue weighted by molar-refractivity contribution is 5.90. The Morgan fingerprint density at radius 1 is 0.422 bits per heavy atom. The Kier molecular flexibility index (Phi) is 17.4. The lowest BCUT2D eigenvalue weighted by atomic mass is 10.1. The highest BCUT2D eigenvalue weighted by atomic mass is 16.5. The van der Waals surface area contributed by atoms with Crippen LogP contribution in [0.1, 0.15) is 91.9 Å². The summed E-state index contributed by atoms with van der Waals surface area (Å²) in [5.41, 5.74) is 7.36. The summed E-state index contributed by atoms with van der Waals surface area (Å²) in [6.45, 7) is 7.19. The van der Waals surface area contributed by atoms with Crippen molar-refractivity contribution in [1.82, 2.24) is 0 Å². The van der Waals surface area contributed by atoms with Crippen LogP contribution in [0.15, 0.2) is 109 Å². The van der Waals surface area contributed by atoms with Gasteiger partial charge in [-0.3, -0.25) is 0 Å². The van der Waals surface area contributed by atoms with E-state index in [1.807, 2.05) is 84.9 Å². The smallest absolute Gasteiger partial charge is 0.338 e. The van der Waals surface area contributed by atoms with Gasteiger partial charge in [0, 0.05) is 58.4 Å². The minimum Gasteiger partial charge on any atom is -0.492 e. The van der Waals surface area contributed by atoms with Crippen LogP contribution < -0.4 is 9.47 Å². The molecule has 0 amide bonds. The summed E-state index contributed by atoms with van der Waals surface area (Å²) in [5.74, 6) is 26.7. The van der Waals surface area contributed by atoms with Crippen molar-refractivity contribution >= 4 is 11.9 Å². The van der Waals surface area contributed by atoms with Crippen LogP contribution in [-0.2, 0) is 9.47 Å². The fourth-order valence-electron chi connectivity index (χ4n) is 6.09. The number of benzene rings is 5. The first kappa shape index (κ1) is 47.8. The Hall–Kier alpha value is -7.20. The van der Waals surface area contributed by atoms with Crippen LogP contribution >= 0.6 is 0 Å². The molecule has 5 aromatic carbocycles. The van der Waals surface area contributed by atoms with Gasteiger partial charge in [0.25, 0.3) is 0 Å². The van der Waals surface area contributed by atoms with Gasteiger partial charge in [0.1, 0.15) is 11.5 Å². The van der Waals surface area contributed by atoms with Crippen molar-refractivity contribution in [3.63, 3.8) is 0 Å². The number of ether oxygens (including phenoxy) is 4. The summed E-state index contributed by atoms with van der Waals surface area (Å²) in [5, 5.41) is 0. The number of carbonyl (C=O) groups is 2. The number of esters is 2. The molecule has 0 atom stereocenters. The summed E-state index contributed by atoms with van der Waals surface area (Å²) in [6.07, 6.45) is 1.74. The molecule has 0 fully saturated rings. The number of rotatable bonds is 14. The van der Waals surface area contributed by atoms with E-state index in [2.05, 4.69) is 89.6 Å². The molecule has 5 aromatic rings. The van der Waals surface area contributed by atoms with Crippen molar-refractivity contribution in [2.24, 2.45) is 0 Å². The van der Waals surface area contributed by atoms with Crippen molar-refractivity contribution in [3.8, 4) is 58.9 Å². The number of nitrogens with zero attached hydrogens (tertiary/aromatic N) is 2. The Balaban J connectivity index is 1.40. The second kappa shape index (κ2) is 23.3. The first-order chi connectivity index (χ1) is 30.7. The number of hydrogen-bond acceptors (Lipinski definition) is 6. The third-order valence-electron chi connectivity index (χ3n) is 9.49. The van der Waals surface area contributed by atoms with Crippen LogP contribution in [0.2, 0.25) is 0 Å². The Labute approximate surface area is 380 Å². The fraction of sp³-hybridized carbons (Fsp3) is 0.286. The highest BCUT2D eigenvalue weighted by Crippen LogP contribution is 2.29. The maximum Gasteiger partial charge on any atom is 0.338 e. The van der Waals surface area contributed by atoms with Gasteiger partial charge in [-0.15, -0.1) is 0 Å². The molecule has 0 saturated heterocycles. The van der Waals surface area contributed by atoms with Gasteiger partial charge < -0.3 is 27.9 Å². The zero-order valence-corrected chi connectivity index (χ0v) is 38.4. The van der Waals surface area contributed by atoms with Crippen molar-refractivity contribution in [2.75, 3.05) is 81.8 Å². The summed E-state index contributed by atoms with van der Waals surface area (Å²) in [4.78, 5) is 24.0. The summed E-state index contributed by atoms with van der Waals surface area (Å²) < 4.78 is 24.7. The zero-order chi connectivity index (χ0) is 46.0. The standard InChI is InChI=1S/C56H58N2O6/c1-9-61-55(59)49-31-25-47(26-32-49)23-17-43-13-19-45(20-14-43)29-35-51-41-54(64-40-12-38-58(6,7)8)52(42-53(51)63-39-11-37-57(3,4)5)36-30-46-21-15-44(16-22-46)18-24-48-27-33-50(34-28-48)56(60)62-10-2/h13-16,19-22,25-28,31-34,41-42H,9-12,37-40H2,1-8H3/q+2. The molecule has 0 radical (unpaired) electrons. The average molecular weight is 855 g/mol. The maximum absolute atomic E-state index is 12.0. The predicted octanol–water partition coefficient (Wildman–Crippen LogP) is 8.59. The largest absolute Gasteiger partial charge is 0.492 e. The Bertz CT molecular complexity index is 2440. The molecule has 5 rings (SSSR count). The van der Waals surface area contributed by atoms with E-state index in [0.717, 1.165) is 68.3 Å². The molecule has 0 aliphatic carbocycles. The van der Waals surface area contributed by atoms with Gasteiger partial charge in [-0.1, -0.05) is 47.4 Å². The van der Waals surface area contributed by atoms with Gasteiger partial charge in [0.05, 0.1) is 104 Å². The molecule has 0 N–H and O–H groups in total. The number of quaternary nitrogens is 2. The zero-order valence-electron chi connectivity index (χ0n) is 38.4. The van der Waals surface area contributed by atoms with E-state index in [4.69, 9.17) is 18.9 Å². The predicted molar refractivity (Wildman–Crippen MR) is 254 cm³/mol. The fourth-order valence-corrected chi connectivity index (χ4v) is 6.09. The molecule has 8 nitrogen and oxygen atoms in total. The van der Waals surface area contributed by atoms with Crippen LogP contribution in [0, 0.1) is 47.4 Å². The SMILES string of the molecule is CCOC(=O)c1ccc(C#Cc2ccc(C#Cc3cc(OCCC[N+](C)(C)C)c(C#Cc4ccc(C#Cc5ccc(C(=O)OCC)cc5)cc4)cc3OCCC[N+](C)(C)C)cc2)cc1. The molecule has 0 aliphatic rings. The van der Waals surface area contributed by atoms with E-state index >= 15 is 0 Å². The number of carbonyl (C=O) groups excluding carboxylic acids is 2. The van der Waals surface area contributed by atoms with Crippen molar-refractivity contribution < 1.29 is 37.5 Å². The van der Waals surface area contributed by atoms with Crippen molar-refractivity contribution in [2.45, 2.75) is 26.7 Å². The highest BCUT2D eigenvalue weighted by Gasteiger charge is 2.14. The van der Waals surface area contributed by atoms with Crippen molar-refractivity contribution in [1.29, 1.82) is 0 Å². The molecular weight excluding hydrogens is 797 g/mol. The molecule has 0 aromatic heterocycles. The summed E-state index contributed by atoms with van der Waals surface area (Å²) in [6, 6.07) is 33.6. The van der Waals surface area contributed by atoms with E-state index in [-0.39, 0.29) is 11.9 Å². The summed E-state index contributed by atoms with van der Waals surface area (Å²) in [7, 11) is 13.0. The van der Waals surface area contributed by atoms with Gasteiger partial charge in [-0.2, -0.15) is 0 Å². The molecule has 0 saturated carbocycles. The first-order valence-corrected chi connectivity index (χ1v) is 21.5. The lowest BCUT2D eigenvalue weighted by Crippen LogP contribution is -2.36. The minimum absolute atomic E-state index is 0.331. The molecular formula is C56H58N2O6+2. The first-order valence-electron chi connectivity index (χ1n) is 21.5. The topological polar surface area (TPSA) is 71.1 Å². The van der Waals surface area contributed by atoms with E-state index < -0.39 is 0 Å². The quantitative estimate of drug-likeness (QED) is 0.0483. The molecule has 0 aliphatic heterocycles. The lowest BCUT2D eigenvalue weighted by molar-refractivity contribution is -0.870. The molecule has 64 heavy (non-hydrogen) atoms. The minimum atomic E-state index is -0.346. The lowest BCUT2D eigenvalue weighted by Gasteiger charge is -2.24. The molecule has 0 heterocycles. The van der Waals surface area contributed by atoms with Gasteiger partial charge in [0.2, 0.25) is 0 Å². The van der Waals surface area contributed by atoms with Crippen LogP contribution in [0.5, 0.6) is 11.5 Å². The van der Waals surface area contributed by atoms with E-state index in [9.17, 15) is 9.59 Å². The Morgan fingerprint density at radius 2 is 0.688 bits per heavy atom. The Morgan fingerprint density at radius 3 is 0.953 bits per heavy atom. The van der Waals surface area contributed by atoms with Gasteiger partial charge in [-0.25, -0.2) is 9.59 Å². The molecule has 0 unspecified atom stereocenters. The van der Waals surface area contributed by atoms with E-state index in [0.29, 0.717) is 60.2 Å². The molecule has 8 heteroatoms. The van der Waals surface area contributed by atoms with E-state index in [1.54, 1.807) is 38.1 Å². The molecule has 0 bridgehead atoms. The average Bonchev–Trinajstić information content (AvgIpc) is 3.27. The third-order valence-corrected chi connectivity index (χ3v) is 9.49. The van der Waals surface area contributed by atoms with Crippen LogP contribution in [0.25, 0.3) is 0 Å². The van der Waals surface area contributed by atoms with Gasteiger partial charge >= 0.3 is 11.9 Å². The second-order valence-electron chi connectivity index (χ2n) is 17.0. The third kappa shape index (κ3) is 16.2. The van der Waals surface area contributed by atoms with Crippen LogP contribution in [-0.4, -0.2) is 103 Å². The summed E-state index contributed by atoms with van der Waals surface area (Å²) >= 11 is 0. The van der Waals surface area contributed by atoms with Crippen LogP contribution in [0.4, 0.5) is 0 Å². The molecule has 0 spiro atoms. The maximum atomic E-state index is 12.0. The number of hydrogen-bond donors (Lipinski definition) is 0. The monoisotopic (exact) mass is 854 g/mol. The van der Waals surface area contributed by atoms with Crippen LogP contribution in [0.3, 0.4) is 0 Å². The molecule has 326 valence electrons. The van der Waals surface area contributed by atoms with Gasteiger partial charge in [0.15, 0.2) is 0 Å². The van der Waals surface area contributed by atoms with E-state index in [1.165, 1.54) is 0 Å². The normalized spacial score (nSPS) is 10.6. The van der Waals surface area contributed by atoms with Crippen molar-refractivity contribution in [3.05, 3.63) is 165 Å². The second-order valence-corrected chi connectivity index (χ2v) is 17.0. The van der Waals surface area contributed by atoms with Gasteiger partial charge in [-0.05, 0) is 111 Å².